The molecule has 116 valence electrons. The van der Waals surface area contributed by atoms with Gasteiger partial charge in [0.25, 0.3) is 0 Å². The highest BCUT2D eigenvalue weighted by molar-refractivity contribution is 5.81. The molecule has 0 amide bonds. The number of para-hydroxylation sites is 1. The van der Waals surface area contributed by atoms with Crippen LogP contribution in [0.5, 0.6) is 0 Å². The Bertz CT molecular complexity index is 510. The van der Waals surface area contributed by atoms with Crippen LogP contribution in [0.25, 0.3) is 0 Å². The number of benzene rings is 1. The number of fused-ring (bicyclic) bond motifs is 1. The van der Waals surface area contributed by atoms with E-state index in [-0.39, 0.29) is 17.6 Å². The zero-order valence-corrected chi connectivity index (χ0v) is 13.8. The molecule has 2 rings (SSSR count). The molecular formula is C18H27NO2. The number of carbonyl (C=O) groups is 1. The second-order valence-corrected chi connectivity index (χ2v) is 6.67. The summed E-state index contributed by atoms with van der Waals surface area (Å²) < 4.78 is 5.07. The van der Waals surface area contributed by atoms with E-state index >= 15 is 0 Å². The standard InChI is InChI=1S/C18H27NO2/c1-6-9-16(17(20)21-5)19-15-11-8-7-10-14(15)13(2)12-18(19,3)4/h7-8,10-11,13,16H,6,9,12H2,1-5H3/t13-,16+/m0/s1. The van der Waals surface area contributed by atoms with Crippen LogP contribution in [0.2, 0.25) is 0 Å². The molecular weight excluding hydrogens is 262 g/mol. The second kappa shape index (κ2) is 6.08. The van der Waals surface area contributed by atoms with Gasteiger partial charge < -0.3 is 9.64 Å². The molecule has 1 heterocycles. The first-order chi connectivity index (χ1) is 9.92. The Morgan fingerprint density at radius 3 is 2.71 bits per heavy atom. The number of ether oxygens (including phenoxy) is 1. The fraction of sp³-hybridized carbons (Fsp3) is 0.611. The fourth-order valence-corrected chi connectivity index (χ4v) is 3.76. The molecule has 0 fully saturated rings. The van der Waals surface area contributed by atoms with E-state index in [0.717, 1.165) is 19.3 Å². The van der Waals surface area contributed by atoms with E-state index in [4.69, 9.17) is 4.74 Å². The number of rotatable bonds is 4. The molecule has 0 spiro atoms. The maximum Gasteiger partial charge on any atom is 0.328 e. The van der Waals surface area contributed by atoms with Gasteiger partial charge in [0.1, 0.15) is 6.04 Å². The van der Waals surface area contributed by atoms with Crippen LogP contribution in [0.15, 0.2) is 24.3 Å². The molecule has 0 bridgehead atoms. The van der Waals surface area contributed by atoms with Gasteiger partial charge >= 0.3 is 5.97 Å². The third-order valence-electron chi connectivity index (χ3n) is 4.53. The van der Waals surface area contributed by atoms with E-state index in [0.29, 0.717) is 5.92 Å². The lowest BCUT2D eigenvalue weighted by Crippen LogP contribution is -2.56. The SMILES string of the molecule is CCC[C@H](C(=O)OC)N1c2ccccc2[C@@H](C)CC1(C)C. The van der Waals surface area contributed by atoms with E-state index in [1.807, 2.05) is 0 Å². The van der Waals surface area contributed by atoms with Crippen molar-refractivity contribution in [2.45, 2.75) is 64.5 Å². The van der Waals surface area contributed by atoms with Crippen LogP contribution >= 0.6 is 0 Å². The van der Waals surface area contributed by atoms with Crippen molar-refractivity contribution in [2.75, 3.05) is 12.0 Å². The molecule has 0 radical (unpaired) electrons. The summed E-state index contributed by atoms with van der Waals surface area (Å²) in [6.07, 6.45) is 2.82. The van der Waals surface area contributed by atoms with Gasteiger partial charge in [-0.15, -0.1) is 0 Å². The number of hydrogen-bond donors (Lipinski definition) is 0. The van der Waals surface area contributed by atoms with E-state index in [1.54, 1.807) is 0 Å². The minimum atomic E-state index is -0.205. The van der Waals surface area contributed by atoms with Gasteiger partial charge in [-0.05, 0) is 44.2 Å². The lowest BCUT2D eigenvalue weighted by atomic mass is 9.79. The zero-order valence-electron chi connectivity index (χ0n) is 13.8. The predicted octanol–water partition coefficient (Wildman–Crippen LogP) is 4.12. The molecule has 1 aliphatic heterocycles. The Morgan fingerprint density at radius 2 is 2.10 bits per heavy atom. The lowest BCUT2D eigenvalue weighted by Gasteiger charge is -2.50. The van der Waals surface area contributed by atoms with Crippen molar-refractivity contribution >= 4 is 11.7 Å². The topological polar surface area (TPSA) is 29.5 Å². The quantitative estimate of drug-likeness (QED) is 0.781. The van der Waals surface area contributed by atoms with Crippen LogP contribution in [0.4, 0.5) is 5.69 Å². The number of nitrogens with zero attached hydrogens (tertiary/aromatic N) is 1. The van der Waals surface area contributed by atoms with Crippen LogP contribution in [0.3, 0.4) is 0 Å². The summed E-state index contributed by atoms with van der Waals surface area (Å²) in [5.74, 6) is 0.377. The first kappa shape index (κ1) is 15.9. The van der Waals surface area contributed by atoms with Crippen LogP contribution in [-0.4, -0.2) is 24.7 Å². The molecule has 3 nitrogen and oxygen atoms in total. The maximum atomic E-state index is 12.3. The molecule has 0 N–H and O–H groups in total. The van der Waals surface area contributed by atoms with E-state index < -0.39 is 0 Å². The molecule has 0 aliphatic carbocycles. The Hall–Kier alpha value is -1.51. The van der Waals surface area contributed by atoms with Crippen molar-refractivity contribution < 1.29 is 9.53 Å². The Labute approximate surface area is 128 Å². The van der Waals surface area contributed by atoms with Crippen molar-refractivity contribution in [1.29, 1.82) is 0 Å². The van der Waals surface area contributed by atoms with Crippen molar-refractivity contribution in [2.24, 2.45) is 0 Å². The van der Waals surface area contributed by atoms with Crippen LogP contribution in [-0.2, 0) is 9.53 Å². The fourth-order valence-electron chi connectivity index (χ4n) is 3.76. The van der Waals surface area contributed by atoms with Gasteiger partial charge in [0, 0.05) is 11.2 Å². The van der Waals surface area contributed by atoms with Crippen LogP contribution < -0.4 is 4.90 Å². The number of hydrogen-bond acceptors (Lipinski definition) is 3. The summed E-state index contributed by atoms with van der Waals surface area (Å²) in [5.41, 5.74) is 2.47. The van der Waals surface area contributed by atoms with Gasteiger partial charge in [0.15, 0.2) is 0 Å². The Kier molecular flexibility index (Phi) is 4.60. The summed E-state index contributed by atoms with van der Waals surface area (Å²) >= 11 is 0. The summed E-state index contributed by atoms with van der Waals surface area (Å²) in [6.45, 7) is 8.84. The van der Waals surface area contributed by atoms with Gasteiger partial charge in [0.05, 0.1) is 7.11 Å². The van der Waals surface area contributed by atoms with Crippen LogP contribution in [0, 0.1) is 0 Å². The summed E-state index contributed by atoms with van der Waals surface area (Å²) in [7, 11) is 1.48. The number of carbonyl (C=O) groups excluding carboxylic acids is 1. The Balaban J connectivity index is 2.52. The smallest absolute Gasteiger partial charge is 0.328 e. The number of methoxy groups -OCH3 is 1. The molecule has 0 saturated heterocycles. The summed E-state index contributed by atoms with van der Waals surface area (Å²) in [6, 6.07) is 8.25. The molecule has 1 aromatic rings. The van der Waals surface area contributed by atoms with Crippen molar-refractivity contribution in [3.05, 3.63) is 29.8 Å². The highest BCUT2D eigenvalue weighted by Gasteiger charge is 2.42. The Morgan fingerprint density at radius 1 is 1.43 bits per heavy atom. The third-order valence-corrected chi connectivity index (χ3v) is 4.53. The highest BCUT2D eigenvalue weighted by atomic mass is 16.5. The molecule has 1 aliphatic rings. The van der Waals surface area contributed by atoms with E-state index in [9.17, 15) is 4.79 Å². The van der Waals surface area contributed by atoms with E-state index in [2.05, 4.69) is 56.9 Å². The molecule has 21 heavy (non-hydrogen) atoms. The average molecular weight is 289 g/mol. The summed E-state index contributed by atoms with van der Waals surface area (Å²) in [4.78, 5) is 14.6. The van der Waals surface area contributed by atoms with E-state index in [1.165, 1.54) is 18.4 Å². The largest absolute Gasteiger partial charge is 0.467 e. The lowest BCUT2D eigenvalue weighted by molar-refractivity contribution is -0.142. The van der Waals surface area contributed by atoms with Crippen molar-refractivity contribution in [3.8, 4) is 0 Å². The average Bonchev–Trinajstić information content (AvgIpc) is 2.44. The zero-order chi connectivity index (χ0) is 15.6. The predicted molar refractivity (Wildman–Crippen MR) is 86.7 cm³/mol. The van der Waals surface area contributed by atoms with Gasteiger partial charge in [-0.3, -0.25) is 0 Å². The van der Waals surface area contributed by atoms with Crippen LogP contribution in [0.1, 0.15) is 58.4 Å². The first-order valence-electron chi connectivity index (χ1n) is 7.88. The minimum absolute atomic E-state index is 0.0538. The summed E-state index contributed by atoms with van der Waals surface area (Å²) in [5, 5.41) is 0. The first-order valence-corrected chi connectivity index (χ1v) is 7.88. The molecule has 2 atom stereocenters. The normalized spacial score (nSPS) is 21.6. The molecule has 1 aromatic carbocycles. The molecule has 0 saturated carbocycles. The van der Waals surface area contributed by atoms with Crippen molar-refractivity contribution in [1.82, 2.24) is 0 Å². The highest BCUT2D eigenvalue weighted by Crippen LogP contribution is 2.44. The molecule has 3 heteroatoms. The molecule has 0 unspecified atom stereocenters. The van der Waals surface area contributed by atoms with Gasteiger partial charge in [-0.25, -0.2) is 4.79 Å². The number of esters is 1. The maximum absolute atomic E-state index is 12.3. The number of anilines is 1. The van der Waals surface area contributed by atoms with Gasteiger partial charge in [-0.1, -0.05) is 38.5 Å². The van der Waals surface area contributed by atoms with Gasteiger partial charge in [0.2, 0.25) is 0 Å². The molecule has 0 aromatic heterocycles. The van der Waals surface area contributed by atoms with Crippen molar-refractivity contribution in [3.63, 3.8) is 0 Å². The van der Waals surface area contributed by atoms with Gasteiger partial charge in [-0.2, -0.15) is 0 Å². The third kappa shape index (κ3) is 2.92. The second-order valence-electron chi connectivity index (χ2n) is 6.67. The minimum Gasteiger partial charge on any atom is -0.467 e. The monoisotopic (exact) mass is 289 g/mol.